The van der Waals surface area contributed by atoms with Gasteiger partial charge in [0.15, 0.2) is 0 Å². The molecule has 69 heavy (non-hydrogen) atoms. The molecule has 5 nitrogen and oxygen atoms in total. The van der Waals surface area contributed by atoms with Crippen LogP contribution in [0.25, 0.3) is 111 Å². The Bertz CT molecular complexity index is 4030. The number of nitrogens with zero attached hydrogens (tertiary/aromatic N) is 5. The molecule has 12 rings (SSSR count). The van der Waals surface area contributed by atoms with Crippen molar-refractivity contribution in [2.24, 2.45) is 0 Å². The van der Waals surface area contributed by atoms with Crippen LogP contribution in [0, 0.1) is 18.3 Å². The smallest absolute Gasteiger partial charge is 0.307 e. The molecular formula is C61H38F3N5. The minimum Gasteiger partial charge on any atom is -0.307 e. The Kier molecular flexibility index (Phi) is 9.82. The maximum absolute atomic E-state index is 15.1. The van der Waals surface area contributed by atoms with Gasteiger partial charge in [-0.05, 0) is 95.9 Å². The fourth-order valence-corrected chi connectivity index (χ4v) is 10.2. The van der Waals surface area contributed by atoms with Crippen LogP contribution in [0.2, 0.25) is 0 Å². The molecule has 0 amide bonds. The lowest BCUT2D eigenvalue weighted by Gasteiger charge is -2.22. The van der Waals surface area contributed by atoms with Crippen molar-refractivity contribution in [1.29, 1.82) is 5.26 Å². The van der Waals surface area contributed by atoms with Gasteiger partial charge in [0.25, 0.3) is 0 Å². The topological polar surface area (TPSA) is 59.4 Å². The van der Waals surface area contributed by atoms with Gasteiger partial charge in [0.2, 0.25) is 0 Å². The van der Waals surface area contributed by atoms with E-state index in [1.807, 2.05) is 78.9 Å². The van der Waals surface area contributed by atoms with Crippen molar-refractivity contribution in [3.63, 3.8) is 0 Å². The van der Waals surface area contributed by atoms with Gasteiger partial charge in [-0.15, -0.1) is 0 Å². The van der Waals surface area contributed by atoms with E-state index in [4.69, 9.17) is 9.97 Å². The number of fused-ring (bicyclic) bond motifs is 6. The van der Waals surface area contributed by atoms with Crippen LogP contribution in [0.5, 0.6) is 0 Å². The second kappa shape index (κ2) is 16.4. The number of para-hydroxylation sites is 2. The van der Waals surface area contributed by atoms with E-state index >= 15 is 13.2 Å². The van der Waals surface area contributed by atoms with E-state index in [1.165, 1.54) is 6.07 Å². The maximum Gasteiger partial charge on any atom is 0.417 e. The van der Waals surface area contributed by atoms with Gasteiger partial charge in [0.1, 0.15) is 0 Å². The lowest BCUT2D eigenvalue weighted by molar-refractivity contribution is -0.137. The molecule has 8 aromatic carbocycles. The molecule has 0 spiro atoms. The zero-order valence-corrected chi connectivity index (χ0v) is 37.1. The van der Waals surface area contributed by atoms with Crippen LogP contribution in [0.3, 0.4) is 0 Å². The summed E-state index contributed by atoms with van der Waals surface area (Å²) in [5, 5.41) is 14.9. The molecule has 0 atom stereocenters. The van der Waals surface area contributed by atoms with Crippen molar-refractivity contribution in [1.82, 2.24) is 19.1 Å². The predicted octanol–water partition coefficient (Wildman–Crippen LogP) is 16.2. The maximum atomic E-state index is 15.1. The summed E-state index contributed by atoms with van der Waals surface area (Å²) in [6.07, 6.45) is -1.07. The normalized spacial score (nSPS) is 11.8. The Hall–Kier alpha value is -9.06. The number of nitriles is 1. The summed E-state index contributed by atoms with van der Waals surface area (Å²) < 4.78 is 49.5. The molecular weight excluding hydrogens is 860 g/mol. The number of aryl methyl sites for hydroxylation is 1. The standard InChI is InChI=1S/C61H38F3N5/c1-38-15-12-24-51(61(62,63)64)58(38)48-36-57(69-53-26-11-9-21-47(53)50-34-42(28-30-55(50)69)45-23-14-32-67-60(45)40-18-6-3-7-19-40)56(35-43(48)37-65)68-52-25-10-8-20-46(52)49-33-41(27-29-54(49)68)44-22-13-31-66-59(44)39-16-4-2-5-17-39/h2-36H,1H3. The average Bonchev–Trinajstić information content (AvgIpc) is 3.90. The van der Waals surface area contributed by atoms with E-state index in [0.29, 0.717) is 16.9 Å². The van der Waals surface area contributed by atoms with Gasteiger partial charge in [0, 0.05) is 61.8 Å². The fraction of sp³-hybridized carbons (Fsp3) is 0.0328. The van der Waals surface area contributed by atoms with Crippen LogP contribution in [0.4, 0.5) is 13.2 Å². The highest BCUT2D eigenvalue weighted by atomic mass is 19.4. The molecule has 0 aliphatic carbocycles. The van der Waals surface area contributed by atoms with Gasteiger partial charge in [-0.25, -0.2) is 0 Å². The lowest BCUT2D eigenvalue weighted by atomic mass is 9.90. The number of hydrogen-bond acceptors (Lipinski definition) is 3. The van der Waals surface area contributed by atoms with Gasteiger partial charge >= 0.3 is 6.18 Å². The Morgan fingerprint density at radius 2 is 0.913 bits per heavy atom. The molecule has 0 saturated heterocycles. The molecule has 12 aromatic rings. The molecule has 4 heterocycles. The third-order valence-electron chi connectivity index (χ3n) is 13.2. The summed E-state index contributed by atoms with van der Waals surface area (Å²) in [5.74, 6) is 0. The molecule has 8 heteroatoms. The number of aromatic nitrogens is 4. The Balaban J connectivity index is 1.16. The Morgan fingerprint density at radius 1 is 0.435 bits per heavy atom. The first-order chi connectivity index (χ1) is 33.8. The molecule has 0 aliphatic rings. The van der Waals surface area contributed by atoms with Crippen LogP contribution in [-0.2, 0) is 6.18 Å². The molecule has 0 aliphatic heterocycles. The van der Waals surface area contributed by atoms with Crippen LogP contribution in [0.1, 0.15) is 16.7 Å². The number of halogens is 3. The van der Waals surface area contributed by atoms with Crippen LogP contribution in [-0.4, -0.2) is 19.1 Å². The lowest BCUT2D eigenvalue weighted by Crippen LogP contribution is -2.10. The van der Waals surface area contributed by atoms with Gasteiger partial charge < -0.3 is 9.13 Å². The number of pyridine rings is 2. The van der Waals surface area contributed by atoms with Gasteiger partial charge in [0.05, 0.1) is 62.0 Å². The third-order valence-corrected chi connectivity index (χ3v) is 13.2. The Morgan fingerprint density at radius 3 is 1.42 bits per heavy atom. The first-order valence-electron chi connectivity index (χ1n) is 22.6. The molecule has 0 fully saturated rings. The second-order valence-corrected chi connectivity index (χ2v) is 17.2. The summed E-state index contributed by atoms with van der Waals surface area (Å²) >= 11 is 0. The van der Waals surface area contributed by atoms with E-state index in [9.17, 15) is 5.26 Å². The number of alkyl halides is 3. The van der Waals surface area contributed by atoms with Crippen LogP contribution in [0.15, 0.2) is 213 Å². The monoisotopic (exact) mass is 897 g/mol. The summed E-state index contributed by atoms with van der Waals surface area (Å²) in [6.45, 7) is 1.67. The fourth-order valence-electron chi connectivity index (χ4n) is 10.2. The minimum absolute atomic E-state index is 0.0278. The van der Waals surface area contributed by atoms with Crippen molar-refractivity contribution in [2.75, 3.05) is 0 Å². The molecule has 0 N–H and O–H groups in total. The first kappa shape index (κ1) is 41.4. The van der Waals surface area contributed by atoms with E-state index < -0.39 is 11.7 Å². The third kappa shape index (κ3) is 6.86. The van der Waals surface area contributed by atoms with E-state index in [0.717, 1.165) is 94.4 Å². The molecule has 4 aromatic heterocycles. The van der Waals surface area contributed by atoms with Crippen LogP contribution >= 0.6 is 0 Å². The number of hydrogen-bond donors (Lipinski definition) is 0. The molecule has 0 unspecified atom stereocenters. The summed E-state index contributed by atoms with van der Waals surface area (Å²) in [5.41, 5.74) is 12.2. The zero-order valence-electron chi connectivity index (χ0n) is 37.1. The van der Waals surface area contributed by atoms with E-state index in [2.05, 4.69) is 106 Å². The Labute approximate surface area is 395 Å². The van der Waals surface area contributed by atoms with Crippen molar-refractivity contribution >= 4 is 43.6 Å². The summed E-state index contributed by atoms with van der Waals surface area (Å²) in [6, 6.07) is 67.3. The molecule has 0 radical (unpaired) electrons. The van der Waals surface area contributed by atoms with Crippen molar-refractivity contribution in [2.45, 2.75) is 13.1 Å². The van der Waals surface area contributed by atoms with Crippen molar-refractivity contribution in [3.05, 3.63) is 229 Å². The molecule has 0 saturated carbocycles. The predicted molar refractivity (Wildman–Crippen MR) is 272 cm³/mol. The van der Waals surface area contributed by atoms with Gasteiger partial charge in [-0.3, -0.25) is 9.97 Å². The van der Waals surface area contributed by atoms with E-state index in [-0.39, 0.29) is 16.7 Å². The minimum atomic E-state index is -4.68. The quantitative estimate of drug-likeness (QED) is 0.160. The van der Waals surface area contributed by atoms with E-state index in [1.54, 1.807) is 37.5 Å². The number of benzene rings is 8. The summed E-state index contributed by atoms with van der Waals surface area (Å²) in [4.78, 5) is 9.64. The van der Waals surface area contributed by atoms with Gasteiger partial charge in [-0.2, -0.15) is 18.4 Å². The highest BCUT2D eigenvalue weighted by molar-refractivity contribution is 6.13. The SMILES string of the molecule is Cc1cccc(C(F)(F)F)c1-c1cc(-n2c3ccccc3c3cc(-c4cccnc4-c4ccccc4)ccc32)c(-n2c3ccccc3c3cc(-c4cccnc4-c4ccccc4)ccc32)cc1C#N. The largest absolute Gasteiger partial charge is 0.417 e. The number of rotatable bonds is 7. The van der Waals surface area contributed by atoms with Crippen LogP contribution < -0.4 is 0 Å². The first-order valence-corrected chi connectivity index (χ1v) is 22.6. The highest BCUT2D eigenvalue weighted by Crippen LogP contribution is 2.46. The highest BCUT2D eigenvalue weighted by Gasteiger charge is 2.35. The molecule has 0 bridgehead atoms. The van der Waals surface area contributed by atoms with Gasteiger partial charge in [-0.1, -0.05) is 133 Å². The zero-order chi connectivity index (χ0) is 46.8. The summed E-state index contributed by atoms with van der Waals surface area (Å²) in [7, 11) is 0. The second-order valence-electron chi connectivity index (χ2n) is 17.2. The van der Waals surface area contributed by atoms with Crippen molar-refractivity contribution < 1.29 is 13.2 Å². The van der Waals surface area contributed by atoms with Crippen molar-refractivity contribution in [3.8, 4) is 73.3 Å². The molecule has 328 valence electrons. The average molecular weight is 898 g/mol.